The first-order valence-corrected chi connectivity index (χ1v) is 9.53. The highest BCUT2D eigenvalue weighted by Gasteiger charge is 2.34. The van der Waals surface area contributed by atoms with Crippen LogP contribution in [0.4, 0.5) is 5.69 Å². The Bertz CT molecular complexity index is 805. The molecular formula is C19H18Cl3N3OS. The van der Waals surface area contributed by atoms with Gasteiger partial charge in [-0.05, 0) is 42.9 Å². The fourth-order valence-electron chi connectivity index (χ4n) is 2.06. The van der Waals surface area contributed by atoms with E-state index in [1.807, 2.05) is 61.5 Å². The lowest BCUT2D eigenvalue weighted by molar-refractivity contribution is -0.117. The van der Waals surface area contributed by atoms with Gasteiger partial charge in [0, 0.05) is 11.8 Å². The summed E-state index contributed by atoms with van der Waals surface area (Å²) in [5.74, 6) is -0.430. The van der Waals surface area contributed by atoms with Crippen LogP contribution in [0.15, 0.2) is 60.7 Å². The van der Waals surface area contributed by atoms with Crippen LogP contribution in [-0.2, 0) is 4.79 Å². The van der Waals surface area contributed by atoms with Gasteiger partial charge in [-0.3, -0.25) is 4.79 Å². The molecule has 0 radical (unpaired) electrons. The summed E-state index contributed by atoms with van der Waals surface area (Å²) < 4.78 is -1.81. The Morgan fingerprint density at radius 2 is 1.67 bits per heavy atom. The van der Waals surface area contributed by atoms with Crippen LogP contribution in [0.3, 0.4) is 0 Å². The number of carbonyl (C=O) groups excluding carboxylic acids is 1. The van der Waals surface area contributed by atoms with Crippen molar-refractivity contribution in [2.75, 3.05) is 5.32 Å². The summed E-state index contributed by atoms with van der Waals surface area (Å²) in [5.41, 5.74) is 2.77. The highest BCUT2D eigenvalue weighted by atomic mass is 35.6. The lowest BCUT2D eigenvalue weighted by Crippen LogP contribution is -2.55. The Kier molecular flexibility index (Phi) is 7.92. The number of aryl methyl sites for hydroxylation is 1. The minimum absolute atomic E-state index is 0.211. The molecule has 1 unspecified atom stereocenters. The SMILES string of the molecule is Cc1ccc(NC(=S)NC(NC(=O)/C=C/c2ccccc2)C(Cl)(Cl)Cl)cc1. The van der Waals surface area contributed by atoms with Crippen molar-refractivity contribution in [3.63, 3.8) is 0 Å². The number of hydrogen-bond acceptors (Lipinski definition) is 2. The summed E-state index contributed by atoms with van der Waals surface area (Å²) in [6, 6.07) is 17.0. The van der Waals surface area contributed by atoms with Crippen LogP contribution in [0.5, 0.6) is 0 Å². The van der Waals surface area contributed by atoms with Crippen molar-refractivity contribution in [1.29, 1.82) is 0 Å². The molecular weight excluding hydrogens is 425 g/mol. The maximum absolute atomic E-state index is 12.2. The number of hydrogen-bond donors (Lipinski definition) is 3. The average molecular weight is 443 g/mol. The van der Waals surface area contributed by atoms with E-state index in [2.05, 4.69) is 16.0 Å². The van der Waals surface area contributed by atoms with Gasteiger partial charge in [0.05, 0.1) is 0 Å². The third-order valence-electron chi connectivity index (χ3n) is 3.43. The summed E-state index contributed by atoms with van der Waals surface area (Å²) in [5, 5.41) is 8.59. The van der Waals surface area contributed by atoms with Crippen molar-refractivity contribution in [1.82, 2.24) is 10.6 Å². The first kappa shape index (κ1) is 21.5. The predicted octanol–water partition coefficient (Wildman–Crippen LogP) is 4.81. The van der Waals surface area contributed by atoms with E-state index in [0.717, 1.165) is 16.8 Å². The largest absolute Gasteiger partial charge is 0.339 e. The van der Waals surface area contributed by atoms with Crippen molar-refractivity contribution < 1.29 is 4.79 Å². The van der Waals surface area contributed by atoms with Crippen molar-refractivity contribution >= 4 is 69.8 Å². The van der Waals surface area contributed by atoms with E-state index in [1.165, 1.54) is 6.08 Å². The molecule has 3 N–H and O–H groups in total. The molecule has 142 valence electrons. The first-order valence-electron chi connectivity index (χ1n) is 7.98. The number of nitrogens with one attached hydrogen (secondary N) is 3. The van der Waals surface area contributed by atoms with Gasteiger partial charge in [-0.25, -0.2) is 0 Å². The van der Waals surface area contributed by atoms with Crippen LogP contribution >= 0.6 is 47.0 Å². The maximum Gasteiger partial charge on any atom is 0.245 e. The molecule has 8 heteroatoms. The normalized spacial score (nSPS) is 12.4. The molecule has 0 aromatic heterocycles. The zero-order valence-corrected chi connectivity index (χ0v) is 17.5. The van der Waals surface area contributed by atoms with Gasteiger partial charge in [0.2, 0.25) is 9.70 Å². The molecule has 0 aliphatic carbocycles. The van der Waals surface area contributed by atoms with Crippen LogP contribution in [-0.4, -0.2) is 21.0 Å². The number of rotatable bonds is 5. The molecule has 0 spiro atoms. The smallest absolute Gasteiger partial charge is 0.245 e. The molecule has 1 amide bonds. The summed E-state index contributed by atoms with van der Waals surface area (Å²) in [6.45, 7) is 1.98. The van der Waals surface area contributed by atoms with E-state index >= 15 is 0 Å². The van der Waals surface area contributed by atoms with Crippen LogP contribution in [0, 0.1) is 6.92 Å². The van der Waals surface area contributed by atoms with E-state index in [9.17, 15) is 4.79 Å². The fourth-order valence-corrected chi connectivity index (χ4v) is 2.62. The van der Waals surface area contributed by atoms with Crippen LogP contribution in [0.25, 0.3) is 6.08 Å². The summed E-state index contributed by atoms with van der Waals surface area (Å²) in [6.07, 6.45) is 1.99. The molecule has 2 rings (SSSR count). The van der Waals surface area contributed by atoms with Crippen molar-refractivity contribution in [3.05, 3.63) is 71.8 Å². The molecule has 0 fully saturated rings. The van der Waals surface area contributed by atoms with Gasteiger partial charge in [-0.15, -0.1) is 0 Å². The molecule has 0 saturated carbocycles. The minimum Gasteiger partial charge on any atom is -0.339 e. The minimum atomic E-state index is -1.81. The molecule has 2 aromatic rings. The molecule has 0 aliphatic heterocycles. The first-order chi connectivity index (χ1) is 12.7. The van der Waals surface area contributed by atoms with Gasteiger partial charge in [0.15, 0.2) is 5.11 Å². The van der Waals surface area contributed by atoms with Gasteiger partial charge in [0.1, 0.15) is 6.17 Å². The Balaban J connectivity index is 1.98. The lowest BCUT2D eigenvalue weighted by Gasteiger charge is -2.27. The summed E-state index contributed by atoms with van der Waals surface area (Å²) in [7, 11) is 0. The Morgan fingerprint density at radius 1 is 1.04 bits per heavy atom. The van der Waals surface area contributed by atoms with Gasteiger partial charge >= 0.3 is 0 Å². The van der Waals surface area contributed by atoms with E-state index < -0.39 is 15.9 Å². The maximum atomic E-state index is 12.2. The van der Waals surface area contributed by atoms with E-state index in [-0.39, 0.29) is 5.11 Å². The second-order valence-corrected chi connectivity index (χ2v) is 8.47. The highest BCUT2D eigenvalue weighted by Crippen LogP contribution is 2.29. The molecule has 0 heterocycles. The second-order valence-electron chi connectivity index (χ2n) is 5.69. The number of anilines is 1. The number of halogens is 3. The lowest BCUT2D eigenvalue weighted by atomic mass is 10.2. The van der Waals surface area contributed by atoms with E-state index in [4.69, 9.17) is 47.0 Å². The summed E-state index contributed by atoms with van der Waals surface area (Å²) in [4.78, 5) is 12.2. The third-order valence-corrected chi connectivity index (χ3v) is 4.30. The number of carbonyl (C=O) groups is 1. The Labute approximate surface area is 178 Å². The Morgan fingerprint density at radius 3 is 2.26 bits per heavy atom. The zero-order valence-electron chi connectivity index (χ0n) is 14.4. The van der Waals surface area contributed by atoms with Crippen molar-refractivity contribution in [3.8, 4) is 0 Å². The van der Waals surface area contributed by atoms with Crippen LogP contribution in [0.2, 0.25) is 0 Å². The average Bonchev–Trinajstić information content (AvgIpc) is 2.61. The van der Waals surface area contributed by atoms with Gasteiger partial charge < -0.3 is 16.0 Å². The fraction of sp³-hybridized carbons (Fsp3) is 0.158. The number of benzene rings is 2. The molecule has 27 heavy (non-hydrogen) atoms. The number of amides is 1. The molecule has 2 aromatic carbocycles. The van der Waals surface area contributed by atoms with Gasteiger partial charge in [-0.1, -0.05) is 82.8 Å². The monoisotopic (exact) mass is 441 g/mol. The standard InChI is InChI=1S/C19H18Cl3N3OS/c1-13-7-10-15(11-8-13)23-18(27)25-17(19(20,21)22)24-16(26)12-9-14-5-3-2-4-6-14/h2-12,17H,1H3,(H,24,26)(H2,23,25,27)/b12-9+. The quantitative estimate of drug-likeness (QED) is 0.269. The van der Waals surface area contributed by atoms with E-state index in [1.54, 1.807) is 6.08 Å². The summed E-state index contributed by atoms with van der Waals surface area (Å²) >= 11 is 23.2. The molecule has 0 saturated heterocycles. The zero-order chi connectivity index (χ0) is 19.9. The molecule has 1 atom stereocenters. The third kappa shape index (κ3) is 7.77. The molecule has 0 aliphatic rings. The van der Waals surface area contributed by atoms with Crippen LogP contribution < -0.4 is 16.0 Å². The molecule has 4 nitrogen and oxygen atoms in total. The predicted molar refractivity (Wildman–Crippen MR) is 118 cm³/mol. The van der Waals surface area contributed by atoms with Crippen LogP contribution in [0.1, 0.15) is 11.1 Å². The topological polar surface area (TPSA) is 53.2 Å². The number of thiocarbonyl (C=S) groups is 1. The van der Waals surface area contributed by atoms with Gasteiger partial charge in [-0.2, -0.15) is 0 Å². The van der Waals surface area contributed by atoms with E-state index in [0.29, 0.717) is 0 Å². The highest BCUT2D eigenvalue weighted by molar-refractivity contribution is 7.80. The second kappa shape index (κ2) is 9.95. The number of alkyl halides is 3. The van der Waals surface area contributed by atoms with Gasteiger partial charge in [0.25, 0.3) is 0 Å². The van der Waals surface area contributed by atoms with Crippen molar-refractivity contribution in [2.45, 2.75) is 16.9 Å². The molecule has 0 bridgehead atoms. The van der Waals surface area contributed by atoms with Crippen molar-refractivity contribution in [2.24, 2.45) is 0 Å². The Hall–Kier alpha value is -1.79.